The van der Waals surface area contributed by atoms with E-state index in [2.05, 4.69) is 41.5 Å². The molecule has 0 amide bonds. The summed E-state index contributed by atoms with van der Waals surface area (Å²) in [4.78, 5) is 2.36. The molecule has 0 aliphatic carbocycles. The van der Waals surface area contributed by atoms with Gasteiger partial charge in [-0.2, -0.15) is 0 Å². The molecule has 1 saturated heterocycles. The van der Waals surface area contributed by atoms with Crippen molar-refractivity contribution in [1.29, 1.82) is 0 Å². The van der Waals surface area contributed by atoms with Gasteiger partial charge >= 0.3 is 0 Å². The van der Waals surface area contributed by atoms with Gasteiger partial charge in [-0.1, -0.05) is 18.2 Å². The fraction of sp³-hybridized carbons (Fsp3) is 0.538. The van der Waals surface area contributed by atoms with E-state index in [-0.39, 0.29) is 5.54 Å². The van der Waals surface area contributed by atoms with Crippen molar-refractivity contribution in [2.24, 2.45) is 5.73 Å². The number of rotatable bonds is 3. The Morgan fingerprint density at radius 3 is 2.44 bits per heavy atom. The number of benzene rings is 1. The summed E-state index contributed by atoms with van der Waals surface area (Å²) in [6, 6.07) is 10.4. The fourth-order valence-corrected chi connectivity index (χ4v) is 2.25. The van der Waals surface area contributed by atoms with Crippen molar-refractivity contribution in [3.05, 3.63) is 30.3 Å². The maximum absolute atomic E-state index is 5.95. The summed E-state index contributed by atoms with van der Waals surface area (Å²) in [5, 5.41) is 3.61. The molecule has 16 heavy (non-hydrogen) atoms. The highest BCUT2D eigenvalue weighted by molar-refractivity contribution is 5.45. The Balaban J connectivity index is 2.05. The summed E-state index contributed by atoms with van der Waals surface area (Å²) in [7, 11) is 2.17. The van der Waals surface area contributed by atoms with Crippen LogP contribution in [0.3, 0.4) is 0 Å². The molecule has 1 aliphatic rings. The Morgan fingerprint density at radius 2 is 1.88 bits per heavy atom. The Kier molecular flexibility index (Phi) is 3.46. The van der Waals surface area contributed by atoms with Gasteiger partial charge in [0.05, 0.1) is 5.54 Å². The molecule has 0 radical (unpaired) electrons. The largest absolute Gasteiger partial charge is 0.378 e. The highest BCUT2D eigenvalue weighted by atomic mass is 15.1. The Morgan fingerprint density at radius 1 is 1.25 bits per heavy atom. The molecular weight excluding hydrogens is 198 g/mol. The van der Waals surface area contributed by atoms with Gasteiger partial charge in [-0.25, -0.2) is 0 Å². The second-order valence-corrected chi connectivity index (χ2v) is 4.78. The predicted octanol–water partition coefficient (Wildman–Crippen LogP) is 1.52. The van der Waals surface area contributed by atoms with Crippen molar-refractivity contribution >= 4 is 5.69 Å². The molecule has 88 valence electrons. The number of para-hydroxylation sites is 1. The number of hydrogen-bond donors (Lipinski definition) is 2. The molecule has 3 heteroatoms. The lowest BCUT2D eigenvalue weighted by molar-refractivity contribution is 0.209. The van der Waals surface area contributed by atoms with E-state index in [1.54, 1.807) is 0 Å². The number of nitrogens with one attached hydrogen (secondary N) is 1. The van der Waals surface area contributed by atoms with Crippen LogP contribution in [0.5, 0.6) is 0 Å². The molecule has 1 aromatic rings. The van der Waals surface area contributed by atoms with Gasteiger partial charge in [0.2, 0.25) is 0 Å². The molecule has 0 atom stereocenters. The lowest BCUT2D eigenvalue weighted by Gasteiger charge is -2.41. The predicted molar refractivity (Wildman–Crippen MR) is 68.6 cm³/mol. The normalized spacial score (nSPS) is 20.6. The summed E-state index contributed by atoms with van der Waals surface area (Å²) in [6.07, 6.45) is 2.24. The number of piperidine rings is 1. The SMILES string of the molecule is CN1CCC(CN)(Nc2ccccc2)CC1. The zero-order chi connectivity index (χ0) is 11.4. The first kappa shape index (κ1) is 11.4. The molecule has 1 aliphatic heterocycles. The second-order valence-electron chi connectivity index (χ2n) is 4.78. The van der Waals surface area contributed by atoms with Crippen LogP contribution in [-0.2, 0) is 0 Å². The van der Waals surface area contributed by atoms with Crippen molar-refractivity contribution in [3.63, 3.8) is 0 Å². The van der Waals surface area contributed by atoms with E-state index in [9.17, 15) is 0 Å². The highest BCUT2D eigenvalue weighted by Gasteiger charge is 2.31. The molecule has 0 unspecified atom stereocenters. The van der Waals surface area contributed by atoms with Crippen LogP contribution in [0.1, 0.15) is 12.8 Å². The van der Waals surface area contributed by atoms with Crippen LogP contribution in [0.25, 0.3) is 0 Å². The Bertz CT molecular complexity index is 315. The monoisotopic (exact) mass is 219 g/mol. The molecule has 3 N–H and O–H groups in total. The lowest BCUT2D eigenvalue weighted by Crippen LogP contribution is -2.52. The summed E-state index contributed by atoms with van der Waals surface area (Å²) in [5.74, 6) is 0. The minimum absolute atomic E-state index is 0.0911. The van der Waals surface area contributed by atoms with Crippen LogP contribution >= 0.6 is 0 Å². The van der Waals surface area contributed by atoms with Gasteiger partial charge in [0.25, 0.3) is 0 Å². The Labute approximate surface area is 97.6 Å². The van der Waals surface area contributed by atoms with E-state index in [0.29, 0.717) is 6.54 Å². The van der Waals surface area contributed by atoms with Crippen LogP contribution in [0, 0.1) is 0 Å². The van der Waals surface area contributed by atoms with Gasteiger partial charge in [-0.15, -0.1) is 0 Å². The number of anilines is 1. The topological polar surface area (TPSA) is 41.3 Å². The third kappa shape index (κ3) is 2.54. The van der Waals surface area contributed by atoms with Gasteiger partial charge in [0, 0.05) is 25.3 Å². The number of likely N-dealkylation sites (tertiary alicyclic amines) is 1. The minimum atomic E-state index is 0.0911. The fourth-order valence-electron chi connectivity index (χ4n) is 2.25. The first-order valence-electron chi connectivity index (χ1n) is 5.96. The van der Waals surface area contributed by atoms with E-state index >= 15 is 0 Å². The molecule has 1 fully saturated rings. The molecule has 0 bridgehead atoms. The third-order valence-electron chi connectivity index (χ3n) is 3.52. The molecule has 1 heterocycles. The average Bonchev–Trinajstić information content (AvgIpc) is 2.34. The quantitative estimate of drug-likeness (QED) is 0.810. The molecule has 3 nitrogen and oxygen atoms in total. The van der Waals surface area contributed by atoms with Crippen LogP contribution in [0.4, 0.5) is 5.69 Å². The minimum Gasteiger partial charge on any atom is -0.378 e. The zero-order valence-electron chi connectivity index (χ0n) is 9.95. The van der Waals surface area contributed by atoms with Crippen LogP contribution in [0.15, 0.2) is 30.3 Å². The van der Waals surface area contributed by atoms with Crippen LogP contribution in [-0.4, -0.2) is 37.1 Å². The average molecular weight is 219 g/mol. The van der Waals surface area contributed by atoms with E-state index in [1.165, 1.54) is 5.69 Å². The van der Waals surface area contributed by atoms with E-state index in [0.717, 1.165) is 25.9 Å². The van der Waals surface area contributed by atoms with E-state index in [4.69, 9.17) is 5.73 Å². The molecule has 0 aromatic heterocycles. The first-order valence-corrected chi connectivity index (χ1v) is 5.96. The number of nitrogens with two attached hydrogens (primary N) is 1. The van der Waals surface area contributed by atoms with Crippen LogP contribution < -0.4 is 11.1 Å². The summed E-state index contributed by atoms with van der Waals surface area (Å²) >= 11 is 0. The molecule has 0 saturated carbocycles. The van der Waals surface area contributed by atoms with Gasteiger partial charge in [-0.3, -0.25) is 0 Å². The van der Waals surface area contributed by atoms with E-state index in [1.807, 2.05) is 6.07 Å². The molecule has 1 aromatic carbocycles. The smallest absolute Gasteiger partial charge is 0.0520 e. The number of hydrogen-bond acceptors (Lipinski definition) is 3. The standard InChI is InChI=1S/C13H21N3/c1-16-9-7-13(11-14,8-10-16)15-12-5-3-2-4-6-12/h2-6,15H,7-11,14H2,1H3. The second kappa shape index (κ2) is 4.85. The molecule has 2 rings (SSSR count). The van der Waals surface area contributed by atoms with Crippen molar-refractivity contribution in [1.82, 2.24) is 4.90 Å². The van der Waals surface area contributed by atoms with Crippen molar-refractivity contribution in [2.45, 2.75) is 18.4 Å². The summed E-state index contributed by atoms with van der Waals surface area (Å²) in [6.45, 7) is 2.95. The van der Waals surface area contributed by atoms with Crippen molar-refractivity contribution in [3.8, 4) is 0 Å². The maximum atomic E-state index is 5.95. The maximum Gasteiger partial charge on any atom is 0.0520 e. The van der Waals surface area contributed by atoms with E-state index < -0.39 is 0 Å². The molecule has 0 spiro atoms. The number of nitrogens with zero attached hydrogens (tertiary/aromatic N) is 1. The summed E-state index contributed by atoms with van der Waals surface area (Å²) in [5.41, 5.74) is 7.22. The van der Waals surface area contributed by atoms with Crippen molar-refractivity contribution < 1.29 is 0 Å². The first-order chi connectivity index (χ1) is 7.74. The van der Waals surface area contributed by atoms with Gasteiger partial charge in [0.15, 0.2) is 0 Å². The van der Waals surface area contributed by atoms with Gasteiger partial charge in [-0.05, 0) is 32.0 Å². The highest BCUT2D eigenvalue weighted by Crippen LogP contribution is 2.25. The third-order valence-corrected chi connectivity index (χ3v) is 3.52. The van der Waals surface area contributed by atoms with Gasteiger partial charge < -0.3 is 16.0 Å². The zero-order valence-corrected chi connectivity index (χ0v) is 9.95. The van der Waals surface area contributed by atoms with Gasteiger partial charge in [0.1, 0.15) is 0 Å². The summed E-state index contributed by atoms with van der Waals surface area (Å²) < 4.78 is 0. The molecular formula is C13H21N3. The Hall–Kier alpha value is -1.06. The van der Waals surface area contributed by atoms with Crippen LogP contribution in [0.2, 0.25) is 0 Å². The van der Waals surface area contributed by atoms with Crippen molar-refractivity contribution in [2.75, 3.05) is 32.0 Å². The lowest BCUT2D eigenvalue weighted by atomic mass is 9.87.